The molecule has 0 saturated heterocycles. The predicted octanol–water partition coefficient (Wildman–Crippen LogP) is 1.75. The molecule has 1 rings (SSSR count). The van der Waals surface area contributed by atoms with Crippen LogP contribution in [0.15, 0.2) is 11.7 Å². The zero-order chi connectivity index (χ0) is 8.97. The molecule has 0 unspecified atom stereocenters. The number of thiazole rings is 1. The minimum Gasteiger partial charge on any atom is -0.371 e. The van der Waals surface area contributed by atoms with E-state index in [1.807, 2.05) is 13.8 Å². The minimum atomic E-state index is 0.00574. The Balaban J connectivity index is 2.40. The van der Waals surface area contributed by atoms with Gasteiger partial charge < -0.3 is 4.74 Å². The van der Waals surface area contributed by atoms with E-state index in [0.29, 0.717) is 4.88 Å². The number of ether oxygens (including phenoxy) is 1. The Hall–Kier alpha value is -0.740. The third kappa shape index (κ3) is 2.71. The number of Topliss-reactive ketones (excluding diaryl/α,β-unsaturated/α-hetero) is 1. The van der Waals surface area contributed by atoms with Crippen molar-refractivity contribution in [3.05, 3.63) is 16.6 Å². The zero-order valence-electron chi connectivity index (χ0n) is 7.11. The van der Waals surface area contributed by atoms with Gasteiger partial charge in [-0.25, -0.2) is 0 Å². The second kappa shape index (κ2) is 4.33. The largest absolute Gasteiger partial charge is 0.371 e. The number of carbonyl (C=O) groups excluding carboxylic acids is 1. The predicted molar refractivity (Wildman–Crippen MR) is 47.5 cm³/mol. The van der Waals surface area contributed by atoms with Crippen LogP contribution in [-0.4, -0.2) is 23.5 Å². The molecule has 0 aliphatic carbocycles. The van der Waals surface area contributed by atoms with Crippen molar-refractivity contribution in [2.45, 2.75) is 20.0 Å². The first kappa shape index (κ1) is 9.35. The van der Waals surface area contributed by atoms with Crippen LogP contribution in [-0.2, 0) is 4.74 Å². The van der Waals surface area contributed by atoms with Gasteiger partial charge in [-0.2, -0.15) is 0 Å². The molecule has 0 amide bonds. The van der Waals surface area contributed by atoms with Crippen molar-refractivity contribution in [1.29, 1.82) is 0 Å². The van der Waals surface area contributed by atoms with Crippen LogP contribution in [0.1, 0.15) is 23.5 Å². The third-order valence-corrected chi connectivity index (χ3v) is 2.07. The van der Waals surface area contributed by atoms with Crippen LogP contribution in [0.5, 0.6) is 0 Å². The molecule has 1 heterocycles. The van der Waals surface area contributed by atoms with E-state index in [4.69, 9.17) is 4.74 Å². The Morgan fingerprint density at radius 1 is 1.75 bits per heavy atom. The van der Waals surface area contributed by atoms with Crippen molar-refractivity contribution in [2.24, 2.45) is 0 Å². The molecule has 0 aliphatic heterocycles. The summed E-state index contributed by atoms with van der Waals surface area (Å²) >= 11 is 1.34. The van der Waals surface area contributed by atoms with Gasteiger partial charge in [0.15, 0.2) is 5.78 Å². The van der Waals surface area contributed by atoms with Gasteiger partial charge in [-0.1, -0.05) is 0 Å². The van der Waals surface area contributed by atoms with Crippen LogP contribution in [0.2, 0.25) is 0 Å². The molecular formula is C8H11NO2S. The number of rotatable bonds is 4. The minimum absolute atomic E-state index is 0.00574. The summed E-state index contributed by atoms with van der Waals surface area (Å²) in [5.41, 5.74) is 1.64. The molecule has 0 saturated carbocycles. The average molecular weight is 185 g/mol. The normalized spacial score (nSPS) is 10.6. The van der Waals surface area contributed by atoms with Crippen molar-refractivity contribution in [3.8, 4) is 0 Å². The van der Waals surface area contributed by atoms with Crippen LogP contribution < -0.4 is 0 Å². The van der Waals surface area contributed by atoms with Crippen LogP contribution in [0.25, 0.3) is 0 Å². The van der Waals surface area contributed by atoms with E-state index >= 15 is 0 Å². The first-order chi connectivity index (χ1) is 5.70. The van der Waals surface area contributed by atoms with E-state index in [2.05, 4.69) is 4.98 Å². The Bertz CT molecular complexity index is 244. The molecule has 1 aromatic heterocycles. The number of carbonyl (C=O) groups is 1. The average Bonchev–Trinajstić information content (AvgIpc) is 2.51. The first-order valence-corrected chi connectivity index (χ1v) is 4.61. The fourth-order valence-electron chi connectivity index (χ4n) is 0.667. The van der Waals surface area contributed by atoms with E-state index in [1.165, 1.54) is 11.3 Å². The van der Waals surface area contributed by atoms with Gasteiger partial charge in [-0.3, -0.25) is 9.78 Å². The molecule has 1 aromatic rings. The van der Waals surface area contributed by atoms with Gasteiger partial charge in [0.25, 0.3) is 0 Å². The number of hydrogen-bond acceptors (Lipinski definition) is 4. The summed E-state index contributed by atoms with van der Waals surface area (Å²) in [4.78, 5) is 15.7. The third-order valence-electron chi connectivity index (χ3n) is 1.25. The van der Waals surface area contributed by atoms with Gasteiger partial charge in [-0.05, 0) is 13.8 Å². The summed E-state index contributed by atoms with van der Waals surface area (Å²) in [6.07, 6.45) is 1.67. The monoisotopic (exact) mass is 185 g/mol. The lowest BCUT2D eigenvalue weighted by atomic mass is 10.3. The molecule has 0 N–H and O–H groups in total. The molecule has 0 aliphatic rings. The Morgan fingerprint density at radius 2 is 2.50 bits per heavy atom. The molecular weight excluding hydrogens is 174 g/mol. The molecule has 3 nitrogen and oxygen atoms in total. The topological polar surface area (TPSA) is 39.2 Å². The second-order valence-electron chi connectivity index (χ2n) is 2.65. The highest BCUT2D eigenvalue weighted by atomic mass is 32.1. The number of ketones is 1. The van der Waals surface area contributed by atoms with Crippen LogP contribution in [0.4, 0.5) is 0 Å². The number of aromatic nitrogens is 1. The van der Waals surface area contributed by atoms with Crippen molar-refractivity contribution in [2.75, 3.05) is 6.61 Å². The summed E-state index contributed by atoms with van der Waals surface area (Å²) in [5, 5.41) is 0. The van der Waals surface area contributed by atoms with Gasteiger partial charge >= 0.3 is 0 Å². The van der Waals surface area contributed by atoms with E-state index < -0.39 is 0 Å². The maximum absolute atomic E-state index is 11.3. The lowest BCUT2D eigenvalue weighted by molar-refractivity contribution is 0.0588. The van der Waals surface area contributed by atoms with E-state index in [0.717, 1.165) is 0 Å². The lowest BCUT2D eigenvalue weighted by Gasteiger charge is -2.04. The SMILES string of the molecule is CC(C)OCC(=O)c1cncs1. The smallest absolute Gasteiger partial charge is 0.199 e. The van der Waals surface area contributed by atoms with Crippen molar-refractivity contribution in [1.82, 2.24) is 4.98 Å². The highest BCUT2D eigenvalue weighted by molar-refractivity contribution is 7.11. The zero-order valence-corrected chi connectivity index (χ0v) is 7.93. The summed E-state index contributed by atoms with van der Waals surface area (Å²) < 4.78 is 5.16. The van der Waals surface area contributed by atoms with Crippen molar-refractivity contribution in [3.63, 3.8) is 0 Å². The van der Waals surface area contributed by atoms with Crippen molar-refractivity contribution < 1.29 is 9.53 Å². The molecule has 12 heavy (non-hydrogen) atoms. The van der Waals surface area contributed by atoms with Crippen LogP contribution in [0.3, 0.4) is 0 Å². The Labute approximate surface area is 75.4 Å². The van der Waals surface area contributed by atoms with Gasteiger partial charge in [0.05, 0.1) is 16.5 Å². The molecule has 0 aromatic carbocycles. The second-order valence-corrected chi connectivity index (χ2v) is 3.53. The fraction of sp³-hybridized carbons (Fsp3) is 0.500. The van der Waals surface area contributed by atoms with E-state index in [1.54, 1.807) is 11.7 Å². The summed E-state index contributed by atoms with van der Waals surface area (Å²) in [6, 6.07) is 0. The lowest BCUT2D eigenvalue weighted by Crippen LogP contribution is -2.12. The summed E-state index contributed by atoms with van der Waals surface area (Å²) in [7, 11) is 0. The van der Waals surface area contributed by atoms with Crippen molar-refractivity contribution >= 4 is 17.1 Å². The summed E-state index contributed by atoms with van der Waals surface area (Å²) in [5.74, 6) is 0.00574. The van der Waals surface area contributed by atoms with Gasteiger partial charge in [-0.15, -0.1) is 11.3 Å². The van der Waals surface area contributed by atoms with E-state index in [-0.39, 0.29) is 18.5 Å². The molecule has 0 spiro atoms. The Morgan fingerprint density at radius 3 is 3.00 bits per heavy atom. The maximum Gasteiger partial charge on any atom is 0.199 e. The maximum atomic E-state index is 11.3. The molecule has 0 fully saturated rings. The van der Waals surface area contributed by atoms with Gasteiger partial charge in [0.2, 0.25) is 0 Å². The first-order valence-electron chi connectivity index (χ1n) is 3.73. The van der Waals surface area contributed by atoms with Gasteiger partial charge in [0.1, 0.15) is 6.61 Å². The Kier molecular flexibility index (Phi) is 3.37. The highest BCUT2D eigenvalue weighted by Crippen LogP contribution is 2.06. The number of hydrogen-bond donors (Lipinski definition) is 0. The summed E-state index contributed by atoms with van der Waals surface area (Å²) in [6.45, 7) is 3.96. The standard InChI is InChI=1S/C8H11NO2S/c1-6(2)11-4-7(10)8-3-9-5-12-8/h3,5-6H,4H2,1-2H3. The molecule has 0 bridgehead atoms. The van der Waals surface area contributed by atoms with Crippen LogP contribution >= 0.6 is 11.3 Å². The van der Waals surface area contributed by atoms with Gasteiger partial charge in [0, 0.05) is 6.20 Å². The van der Waals surface area contributed by atoms with E-state index in [9.17, 15) is 4.79 Å². The molecule has 0 radical (unpaired) electrons. The fourth-order valence-corrected chi connectivity index (χ4v) is 1.21. The highest BCUT2D eigenvalue weighted by Gasteiger charge is 2.07. The molecule has 66 valence electrons. The number of nitrogens with zero attached hydrogens (tertiary/aromatic N) is 1. The van der Waals surface area contributed by atoms with Crippen LogP contribution in [0, 0.1) is 0 Å². The molecule has 0 atom stereocenters. The molecule has 4 heteroatoms. The quantitative estimate of drug-likeness (QED) is 0.671.